The third-order valence-electron chi connectivity index (χ3n) is 1.67. The van der Waals surface area contributed by atoms with Crippen LogP contribution < -0.4 is 5.73 Å². The Balaban J connectivity index is 2.24. The number of methoxy groups -OCH3 is 1. The number of nitrogens with zero attached hydrogens (tertiary/aromatic N) is 2. The molecule has 0 saturated heterocycles. The van der Waals surface area contributed by atoms with Crippen LogP contribution in [0.2, 0.25) is 0 Å². The highest BCUT2D eigenvalue weighted by Gasteiger charge is 2.13. The van der Waals surface area contributed by atoms with Gasteiger partial charge in [-0.3, -0.25) is 4.79 Å². The third-order valence-corrected chi connectivity index (χ3v) is 2.52. The minimum atomic E-state index is -0.591. The number of aryl methyl sites for hydroxylation is 1. The second-order valence-corrected chi connectivity index (χ2v) is 3.90. The lowest BCUT2D eigenvalue weighted by atomic mass is 10.2. The van der Waals surface area contributed by atoms with Crippen molar-refractivity contribution in [3.8, 4) is 0 Å². The van der Waals surface area contributed by atoms with E-state index in [1.807, 2.05) is 0 Å². The maximum Gasteiger partial charge on any atom is 0.322 e. The number of ether oxygens (including phenoxy) is 1. The summed E-state index contributed by atoms with van der Waals surface area (Å²) in [6, 6.07) is -0.591. The molecule has 7 heteroatoms. The molecule has 1 rings (SSSR count). The molecule has 0 aliphatic heterocycles. The van der Waals surface area contributed by atoms with Gasteiger partial charge in [-0.25, -0.2) is 0 Å². The van der Waals surface area contributed by atoms with E-state index >= 15 is 0 Å². The van der Waals surface area contributed by atoms with Crippen molar-refractivity contribution in [3.63, 3.8) is 0 Å². The average Bonchev–Trinajstić information content (AvgIpc) is 2.63. The van der Waals surface area contributed by atoms with Gasteiger partial charge in [0.1, 0.15) is 6.04 Å². The van der Waals surface area contributed by atoms with Crippen LogP contribution in [0.15, 0.2) is 9.64 Å². The summed E-state index contributed by atoms with van der Waals surface area (Å²) in [4.78, 5) is 11.0. The lowest BCUT2D eigenvalue weighted by molar-refractivity contribution is -0.142. The zero-order valence-electron chi connectivity index (χ0n) is 8.60. The van der Waals surface area contributed by atoms with Crippen LogP contribution in [0, 0.1) is 6.92 Å². The van der Waals surface area contributed by atoms with Gasteiger partial charge in [-0.05, 0) is 6.42 Å². The predicted molar refractivity (Wildman–Crippen MR) is 54.4 cm³/mol. The predicted octanol–water partition coefficient (Wildman–Crippen LogP) is 0.361. The summed E-state index contributed by atoms with van der Waals surface area (Å²) >= 11 is 1.37. The first kappa shape index (κ1) is 12.0. The Hall–Kier alpha value is -1.08. The van der Waals surface area contributed by atoms with Crippen molar-refractivity contribution < 1.29 is 13.9 Å². The Bertz CT molecular complexity index is 329. The van der Waals surface area contributed by atoms with Gasteiger partial charge in [-0.2, -0.15) is 0 Å². The van der Waals surface area contributed by atoms with Crippen LogP contribution in [0.1, 0.15) is 12.3 Å². The Morgan fingerprint density at radius 1 is 1.67 bits per heavy atom. The molecule has 0 radical (unpaired) electrons. The monoisotopic (exact) mass is 231 g/mol. The molecule has 0 fully saturated rings. The second kappa shape index (κ2) is 5.72. The van der Waals surface area contributed by atoms with Crippen molar-refractivity contribution >= 4 is 17.7 Å². The van der Waals surface area contributed by atoms with E-state index < -0.39 is 12.0 Å². The molecule has 1 atom stereocenters. The molecule has 1 unspecified atom stereocenters. The molecule has 0 aliphatic carbocycles. The van der Waals surface area contributed by atoms with E-state index in [1.54, 1.807) is 6.92 Å². The number of esters is 1. The van der Waals surface area contributed by atoms with Crippen LogP contribution in [0.25, 0.3) is 0 Å². The fourth-order valence-electron chi connectivity index (χ4n) is 0.879. The summed E-state index contributed by atoms with van der Waals surface area (Å²) in [6.07, 6.45) is 0.513. The quantitative estimate of drug-likeness (QED) is 0.577. The molecular formula is C8H13N3O3S. The summed E-state index contributed by atoms with van der Waals surface area (Å²) in [5.74, 6) is 0.754. The molecule has 84 valence electrons. The zero-order chi connectivity index (χ0) is 11.3. The molecule has 1 aromatic rings. The molecule has 0 bridgehead atoms. The van der Waals surface area contributed by atoms with Crippen LogP contribution in [-0.4, -0.2) is 35.1 Å². The highest BCUT2D eigenvalue weighted by atomic mass is 32.2. The summed E-state index contributed by atoms with van der Waals surface area (Å²) in [7, 11) is 1.32. The summed E-state index contributed by atoms with van der Waals surface area (Å²) in [5, 5.41) is 7.96. The van der Waals surface area contributed by atoms with Gasteiger partial charge in [0.05, 0.1) is 7.11 Å². The van der Waals surface area contributed by atoms with Crippen molar-refractivity contribution in [1.29, 1.82) is 0 Å². The minimum Gasteiger partial charge on any atom is -0.468 e. The van der Waals surface area contributed by atoms with Crippen molar-refractivity contribution in [1.82, 2.24) is 10.2 Å². The fraction of sp³-hybridized carbons (Fsp3) is 0.625. The van der Waals surface area contributed by atoms with Crippen LogP contribution in [0.4, 0.5) is 0 Å². The normalized spacial score (nSPS) is 12.5. The Labute approximate surface area is 91.6 Å². The summed E-state index contributed by atoms with van der Waals surface area (Å²) in [6.45, 7) is 1.72. The highest BCUT2D eigenvalue weighted by molar-refractivity contribution is 7.99. The Morgan fingerprint density at radius 3 is 2.93 bits per heavy atom. The van der Waals surface area contributed by atoms with Gasteiger partial charge in [-0.15, -0.1) is 10.2 Å². The van der Waals surface area contributed by atoms with Gasteiger partial charge in [0, 0.05) is 12.7 Å². The maximum atomic E-state index is 11.0. The first-order valence-electron chi connectivity index (χ1n) is 4.40. The molecular weight excluding hydrogens is 218 g/mol. The van der Waals surface area contributed by atoms with E-state index in [9.17, 15) is 4.79 Å². The molecule has 0 aromatic carbocycles. The SMILES string of the molecule is COC(=O)C(N)CCSc1nnc(C)o1. The Kier molecular flexibility index (Phi) is 4.57. The lowest BCUT2D eigenvalue weighted by Crippen LogP contribution is -2.31. The number of carbonyl (C=O) groups is 1. The van der Waals surface area contributed by atoms with Crippen LogP contribution >= 0.6 is 11.8 Å². The molecule has 6 nitrogen and oxygen atoms in total. The van der Waals surface area contributed by atoms with Crippen molar-refractivity contribution in [2.24, 2.45) is 5.73 Å². The second-order valence-electron chi connectivity index (χ2n) is 2.85. The molecule has 0 saturated carbocycles. The van der Waals surface area contributed by atoms with Crippen molar-refractivity contribution in [3.05, 3.63) is 5.89 Å². The van der Waals surface area contributed by atoms with E-state index in [0.29, 0.717) is 23.3 Å². The average molecular weight is 231 g/mol. The Morgan fingerprint density at radius 2 is 2.40 bits per heavy atom. The van der Waals surface area contributed by atoms with Crippen molar-refractivity contribution in [2.45, 2.75) is 24.6 Å². The topological polar surface area (TPSA) is 91.2 Å². The van der Waals surface area contributed by atoms with Crippen LogP contribution in [0.5, 0.6) is 0 Å². The van der Waals surface area contributed by atoms with Gasteiger partial charge in [0.2, 0.25) is 5.89 Å². The number of aromatic nitrogens is 2. The fourth-order valence-corrected chi connectivity index (χ4v) is 1.70. The van der Waals surface area contributed by atoms with Crippen molar-refractivity contribution in [2.75, 3.05) is 12.9 Å². The molecule has 0 spiro atoms. The first-order chi connectivity index (χ1) is 7.13. The number of carbonyl (C=O) groups excluding carboxylic acids is 1. The van der Waals surface area contributed by atoms with Gasteiger partial charge >= 0.3 is 5.97 Å². The van der Waals surface area contributed by atoms with Gasteiger partial charge in [-0.1, -0.05) is 11.8 Å². The zero-order valence-corrected chi connectivity index (χ0v) is 9.41. The summed E-state index contributed by atoms with van der Waals surface area (Å²) in [5.41, 5.74) is 5.54. The van der Waals surface area contributed by atoms with Crippen LogP contribution in [-0.2, 0) is 9.53 Å². The number of hydrogen-bond donors (Lipinski definition) is 1. The lowest BCUT2D eigenvalue weighted by Gasteiger charge is -2.06. The standard InChI is InChI=1S/C8H13N3O3S/c1-5-10-11-8(14-5)15-4-3-6(9)7(12)13-2/h6H,3-4,9H2,1-2H3. The number of thioether (sulfide) groups is 1. The van der Waals surface area contributed by atoms with Gasteiger partial charge in [0.25, 0.3) is 5.22 Å². The third kappa shape index (κ3) is 3.88. The van der Waals surface area contributed by atoms with E-state index in [2.05, 4.69) is 14.9 Å². The minimum absolute atomic E-state index is 0.405. The molecule has 1 heterocycles. The molecule has 0 amide bonds. The smallest absolute Gasteiger partial charge is 0.322 e. The molecule has 15 heavy (non-hydrogen) atoms. The van der Waals surface area contributed by atoms with Crippen LogP contribution in [0.3, 0.4) is 0 Å². The van der Waals surface area contributed by atoms with E-state index in [-0.39, 0.29) is 0 Å². The first-order valence-corrected chi connectivity index (χ1v) is 5.38. The molecule has 2 N–H and O–H groups in total. The van der Waals surface area contributed by atoms with E-state index in [4.69, 9.17) is 10.2 Å². The molecule has 1 aromatic heterocycles. The van der Waals surface area contributed by atoms with E-state index in [1.165, 1.54) is 18.9 Å². The maximum absolute atomic E-state index is 11.0. The largest absolute Gasteiger partial charge is 0.468 e. The highest BCUT2D eigenvalue weighted by Crippen LogP contribution is 2.16. The summed E-state index contributed by atoms with van der Waals surface area (Å²) < 4.78 is 9.63. The number of nitrogens with two attached hydrogens (primary N) is 1. The molecule has 0 aliphatic rings. The number of rotatable bonds is 5. The van der Waals surface area contributed by atoms with E-state index in [0.717, 1.165) is 0 Å². The van der Waals surface area contributed by atoms with Gasteiger partial charge < -0.3 is 14.9 Å². The van der Waals surface area contributed by atoms with Gasteiger partial charge in [0.15, 0.2) is 0 Å². The number of hydrogen-bond acceptors (Lipinski definition) is 7.